The van der Waals surface area contributed by atoms with Gasteiger partial charge in [0.1, 0.15) is 0 Å². The van der Waals surface area contributed by atoms with E-state index in [4.69, 9.17) is 5.84 Å². The molecule has 52 valence electrons. The van der Waals surface area contributed by atoms with Crippen LogP contribution in [0.25, 0.3) is 0 Å². The zero-order valence-corrected chi connectivity index (χ0v) is 5.51. The third-order valence-electron chi connectivity index (χ3n) is 2.26. The average molecular weight is 127 g/mol. The summed E-state index contributed by atoms with van der Waals surface area (Å²) in [6, 6.07) is 0.689. The van der Waals surface area contributed by atoms with Crippen LogP contribution in [0.4, 0.5) is 0 Å². The van der Waals surface area contributed by atoms with Crippen molar-refractivity contribution in [1.29, 1.82) is 0 Å². The number of nitrogens with two attached hydrogens (primary N) is 1. The Morgan fingerprint density at radius 1 is 1.44 bits per heavy atom. The Balaban J connectivity index is 2.03. The molecule has 0 saturated carbocycles. The van der Waals surface area contributed by atoms with Crippen molar-refractivity contribution in [3.63, 3.8) is 0 Å². The predicted molar refractivity (Wildman–Crippen MR) is 35.7 cm³/mol. The van der Waals surface area contributed by atoms with Gasteiger partial charge in [-0.2, -0.15) is 0 Å². The number of hydrogen-bond acceptors (Lipinski definition) is 3. The van der Waals surface area contributed by atoms with Crippen LogP contribution >= 0.6 is 0 Å². The Kier molecular flexibility index (Phi) is 1.22. The van der Waals surface area contributed by atoms with Crippen LogP contribution in [0.3, 0.4) is 0 Å². The summed E-state index contributed by atoms with van der Waals surface area (Å²) >= 11 is 0. The smallest absolute Gasteiger partial charge is 0.0282 e. The van der Waals surface area contributed by atoms with Crippen molar-refractivity contribution in [3.8, 4) is 0 Å². The first-order valence-electron chi connectivity index (χ1n) is 3.57. The monoisotopic (exact) mass is 127 g/mol. The van der Waals surface area contributed by atoms with Gasteiger partial charge in [0.05, 0.1) is 0 Å². The average Bonchev–Trinajstić information content (AvgIpc) is 2.11. The first kappa shape index (κ1) is 5.65. The van der Waals surface area contributed by atoms with Crippen LogP contribution in [-0.4, -0.2) is 30.7 Å². The number of nitrogens with zero attached hydrogens (tertiary/aromatic N) is 1. The van der Waals surface area contributed by atoms with E-state index in [9.17, 15) is 0 Å². The molecule has 3 N–H and O–H groups in total. The number of hydrazine groups is 1. The number of piperidine rings is 1. The fraction of sp³-hybridized carbons (Fsp3) is 1.00. The van der Waals surface area contributed by atoms with E-state index in [2.05, 4.69) is 5.32 Å². The molecule has 2 rings (SSSR count). The van der Waals surface area contributed by atoms with Crippen LogP contribution < -0.4 is 11.2 Å². The lowest BCUT2D eigenvalue weighted by Gasteiger charge is -2.26. The maximum atomic E-state index is 5.65. The molecule has 3 nitrogen and oxygen atoms in total. The summed E-state index contributed by atoms with van der Waals surface area (Å²) in [5.41, 5.74) is 0. The summed E-state index contributed by atoms with van der Waals surface area (Å²) in [5, 5.41) is 5.36. The Morgan fingerprint density at radius 2 is 2.33 bits per heavy atom. The number of hydrogen-bond donors (Lipinski definition) is 2. The molecule has 2 fully saturated rings. The van der Waals surface area contributed by atoms with Gasteiger partial charge in [-0.05, 0) is 18.9 Å². The van der Waals surface area contributed by atoms with Gasteiger partial charge >= 0.3 is 0 Å². The molecule has 0 aromatic heterocycles. The van der Waals surface area contributed by atoms with Crippen molar-refractivity contribution >= 4 is 0 Å². The Morgan fingerprint density at radius 3 is 3.11 bits per heavy atom. The fourth-order valence-corrected chi connectivity index (χ4v) is 1.87. The van der Waals surface area contributed by atoms with Crippen LogP contribution in [0, 0.1) is 5.92 Å². The minimum absolute atomic E-state index is 0.689. The van der Waals surface area contributed by atoms with Crippen molar-refractivity contribution in [2.75, 3.05) is 19.6 Å². The molecule has 0 radical (unpaired) electrons. The molecule has 0 aliphatic carbocycles. The van der Waals surface area contributed by atoms with Crippen molar-refractivity contribution in [2.45, 2.75) is 12.5 Å². The molecule has 2 atom stereocenters. The van der Waals surface area contributed by atoms with Gasteiger partial charge in [0, 0.05) is 19.1 Å². The number of fused-ring (bicyclic) bond motifs is 2. The first-order chi connectivity index (χ1) is 4.34. The van der Waals surface area contributed by atoms with Crippen LogP contribution in [-0.2, 0) is 0 Å². The van der Waals surface area contributed by atoms with E-state index < -0.39 is 0 Å². The highest BCUT2D eigenvalue weighted by Crippen LogP contribution is 2.19. The van der Waals surface area contributed by atoms with E-state index in [1.54, 1.807) is 0 Å². The molecule has 2 saturated heterocycles. The van der Waals surface area contributed by atoms with Gasteiger partial charge in [-0.15, -0.1) is 0 Å². The van der Waals surface area contributed by atoms with E-state index in [0.717, 1.165) is 19.0 Å². The van der Waals surface area contributed by atoms with Gasteiger partial charge < -0.3 is 5.32 Å². The van der Waals surface area contributed by atoms with Crippen LogP contribution in [0.15, 0.2) is 0 Å². The van der Waals surface area contributed by atoms with Crippen molar-refractivity contribution < 1.29 is 0 Å². The van der Waals surface area contributed by atoms with Crippen LogP contribution in [0.2, 0.25) is 0 Å². The second-order valence-electron chi connectivity index (χ2n) is 3.16. The molecule has 0 aromatic carbocycles. The van der Waals surface area contributed by atoms with E-state index in [1.807, 2.05) is 5.01 Å². The lowest BCUT2D eigenvalue weighted by Crippen LogP contribution is -2.45. The molecule has 2 aliphatic rings. The van der Waals surface area contributed by atoms with Gasteiger partial charge in [0.25, 0.3) is 0 Å². The third kappa shape index (κ3) is 0.956. The Bertz CT molecular complexity index is 103. The highest BCUT2D eigenvalue weighted by atomic mass is 15.4. The normalized spacial score (nSPS) is 43.7. The Labute approximate surface area is 55.2 Å². The molecule has 0 aromatic rings. The van der Waals surface area contributed by atoms with E-state index >= 15 is 0 Å². The molecule has 2 bridgehead atoms. The summed E-state index contributed by atoms with van der Waals surface area (Å²) in [6.45, 7) is 3.30. The summed E-state index contributed by atoms with van der Waals surface area (Å²) in [4.78, 5) is 0. The molecule has 3 heteroatoms. The Hall–Kier alpha value is -0.120. The molecule has 2 unspecified atom stereocenters. The third-order valence-corrected chi connectivity index (χ3v) is 2.26. The lowest BCUT2D eigenvalue weighted by molar-refractivity contribution is 0.197. The lowest BCUT2D eigenvalue weighted by atomic mass is 10.0. The SMILES string of the molecule is NN1CC2CNC(C2)C1. The van der Waals surface area contributed by atoms with Gasteiger partial charge in [0.2, 0.25) is 0 Å². The highest BCUT2D eigenvalue weighted by Gasteiger charge is 2.30. The molecule has 0 spiro atoms. The zero-order valence-electron chi connectivity index (χ0n) is 5.51. The minimum Gasteiger partial charge on any atom is -0.312 e. The molecule has 2 heterocycles. The summed E-state index contributed by atoms with van der Waals surface area (Å²) < 4.78 is 0. The van der Waals surface area contributed by atoms with Crippen molar-refractivity contribution in [2.24, 2.45) is 11.8 Å². The van der Waals surface area contributed by atoms with E-state index in [-0.39, 0.29) is 0 Å². The maximum absolute atomic E-state index is 5.65. The minimum atomic E-state index is 0.689. The van der Waals surface area contributed by atoms with Crippen LogP contribution in [0.5, 0.6) is 0 Å². The van der Waals surface area contributed by atoms with E-state index in [1.165, 1.54) is 13.0 Å². The van der Waals surface area contributed by atoms with Crippen molar-refractivity contribution in [1.82, 2.24) is 10.3 Å². The van der Waals surface area contributed by atoms with Gasteiger partial charge in [-0.25, -0.2) is 5.01 Å². The van der Waals surface area contributed by atoms with Crippen molar-refractivity contribution in [3.05, 3.63) is 0 Å². The largest absolute Gasteiger partial charge is 0.312 e. The zero-order chi connectivity index (χ0) is 6.27. The standard InChI is InChI=1S/C6H13N3/c7-9-3-5-1-6(4-9)8-2-5/h5-6,8H,1-4,7H2. The second-order valence-corrected chi connectivity index (χ2v) is 3.16. The quantitative estimate of drug-likeness (QED) is 0.417. The van der Waals surface area contributed by atoms with Gasteiger partial charge in [0.15, 0.2) is 0 Å². The topological polar surface area (TPSA) is 41.3 Å². The van der Waals surface area contributed by atoms with Crippen LogP contribution in [0.1, 0.15) is 6.42 Å². The molecule has 9 heavy (non-hydrogen) atoms. The summed E-state index contributed by atoms with van der Waals surface area (Å²) in [6.07, 6.45) is 1.34. The molecular weight excluding hydrogens is 114 g/mol. The van der Waals surface area contributed by atoms with Gasteiger partial charge in [-0.1, -0.05) is 0 Å². The van der Waals surface area contributed by atoms with E-state index in [0.29, 0.717) is 6.04 Å². The maximum Gasteiger partial charge on any atom is 0.0282 e. The summed E-state index contributed by atoms with van der Waals surface area (Å²) in [5.74, 6) is 6.48. The number of nitrogens with one attached hydrogen (secondary N) is 1. The summed E-state index contributed by atoms with van der Waals surface area (Å²) in [7, 11) is 0. The van der Waals surface area contributed by atoms with Gasteiger partial charge in [-0.3, -0.25) is 5.84 Å². The highest BCUT2D eigenvalue weighted by molar-refractivity contribution is 4.88. The predicted octanol–water partition coefficient (Wildman–Crippen LogP) is -0.846. The molecule has 2 aliphatic heterocycles. The second kappa shape index (κ2) is 1.94. The number of rotatable bonds is 0. The molecule has 0 amide bonds. The first-order valence-corrected chi connectivity index (χ1v) is 3.57. The molecular formula is C6H13N3. The fourth-order valence-electron chi connectivity index (χ4n) is 1.87.